The molecular formula is C15H21N5O. The van der Waals surface area contributed by atoms with Crippen molar-refractivity contribution in [2.75, 3.05) is 19.6 Å². The lowest BCUT2D eigenvalue weighted by molar-refractivity contribution is 0.188. The summed E-state index contributed by atoms with van der Waals surface area (Å²) in [6.07, 6.45) is 4.57. The molecule has 2 aromatic rings. The van der Waals surface area contributed by atoms with E-state index in [0.29, 0.717) is 18.3 Å². The molecule has 0 spiro atoms. The molecule has 0 radical (unpaired) electrons. The molecule has 0 aromatic carbocycles. The van der Waals surface area contributed by atoms with Crippen LogP contribution in [0.15, 0.2) is 29.0 Å². The van der Waals surface area contributed by atoms with Crippen LogP contribution in [0.5, 0.6) is 0 Å². The van der Waals surface area contributed by atoms with Gasteiger partial charge in [0, 0.05) is 24.5 Å². The first kappa shape index (κ1) is 14.2. The number of likely N-dealkylation sites (tertiary alicyclic amines) is 1. The average Bonchev–Trinajstić information content (AvgIpc) is 3.15. The minimum absolute atomic E-state index is 0.108. The Morgan fingerprint density at radius 1 is 1.52 bits per heavy atom. The molecule has 1 aliphatic rings. The van der Waals surface area contributed by atoms with Gasteiger partial charge in [0.2, 0.25) is 11.7 Å². The fraction of sp³-hybridized carbons (Fsp3) is 0.533. The lowest BCUT2D eigenvalue weighted by Crippen LogP contribution is -2.32. The van der Waals surface area contributed by atoms with Gasteiger partial charge in [-0.3, -0.25) is 9.88 Å². The lowest BCUT2D eigenvalue weighted by Gasteiger charge is -2.25. The first-order valence-corrected chi connectivity index (χ1v) is 7.29. The molecule has 0 bridgehead atoms. The van der Waals surface area contributed by atoms with Crippen LogP contribution in [-0.4, -0.2) is 39.7 Å². The van der Waals surface area contributed by atoms with Crippen LogP contribution in [0.1, 0.15) is 32.2 Å². The van der Waals surface area contributed by atoms with Gasteiger partial charge in [-0.2, -0.15) is 4.98 Å². The van der Waals surface area contributed by atoms with Gasteiger partial charge in [0.05, 0.1) is 6.04 Å². The molecule has 1 fully saturated rings. The SMILES string of the molecule is CC(c1nc(-c2cccnc2)no1)N1CCC(C)(CN)C1. The third-order valence-corrected chi connectivity index (χ3v) is 4.35. The molecule has 6 heteroatoms. The molecule has 1 saturated heterocycles. The third-order valence-electron chi connectivity index (χ3n) is 4.35. The molecule has 112 valence electrons. The van der Waals surface area contributed by atoms with Gasteiger partial charge in [-0.05, 0) is 44.0 Å². The maximum absolute atomic E-state index is 5.86. The van der Waals surface area contributed by atoms with Crippen LogP contribution in [-0.2, 0) is 0 Å². The first-order chi connectivity index (χ1) is 10.1. The summed E-state index contributed by atoms with van der Waals surface area (Å²) in [5.74, 6) is 1.24. The molecule has 0 saturated carbocycles. The minimum atomic E-state index is 0.108. The van der Waals surface area contributed by atoms with E-state index in [1.165, 1.54) is 0 Å². The van der Waals surface area contributed by atoms with Crippen LogP contribution in [0.3, 0.4) is 0 Å². The highest BCUT2D eigenvalue weighted by Gasteiger charge is 2.36. The van der Waals surface area contributed by atoms with E-state index in [1.807, 2.05) is 12.1 Å². The summed E-state index contributed by atoms with van der Waals surface area (Å²) in [6.45, 7) is 7.02. The van der Waals surface area contributed by atoms with Crippen molar-refractivity contribution >= 4 is 0 Å². The quantitative estimate of drug-likeness (QED) is 0.924. The molecule has 2 aromatic heterocycles. The second-order valence-electron chi connectivity index (χ2n) is 6.11. The molecule has 2 atom stereocenters. The maximum Gasteiger partial charge on any atom is 0.244 e. The normalized spacial score (nSPS) is 24.3. The molecule has 3 rings (SSSR count). The number of rotatable bonds is 4. The average molecular weight is 287 g/mol. The molecule has 0 aliphatic carbocycles. The Balaban J connectivity index is 1.75. The maximum atomic E-state index is 5.86. The molecule has 1 aliphatic heterocycles. The Labute approximate surface area is 124 Å². The zero-order chi connectivity index (χ0) is 14.9. The Morgan fingerprint density at radius 2 is 2.38 bits per heavy atom. The van der Waals surface area contributed by atoms with Gasteiger partial charge in [0.15, 0.2) is 0 Å². The summed E-state index contributed by atoms with van der Waals surface area (Å²) in [5, 5.41) is 4.06. The van der Waals surface area contributed by atoms with E-state index in [-0.39, 0.29) is 11.5 Å². The zero-order valence-corrected chi connectivity index (χ0v) is 12.5. The fourth-order valence-corrected chi connectivity index (χ4v) is 2.73. The van der Waals surface area contributed by atoms with Crippen LogP contribution >= 0.6 is 0 Å². The van der Waals surface area contributed by atoms with Crippen LogP contribution in [0.2, 0.25) is 0 Å². The second kappa shape index (κ2) is 5.54. The van der Waals surface area contributed by atoms with E-state index < -0.39 is 0 Å². The molecule has 2 N–H and O–H groups in total. The van der Waals surface area contributed by atoms with Gasteiger partial charge in [-0.25, -0.2) is 0 Å². The summed E-state index contributed by atoms with van der Waals surface area (Å²) in [4.78, 5) is 10.9. The highest BCUT2D eigenvalue weighted by Crippen LogP contribution is 2.34. The van der Waals surface area contributed by atoms with Gasteiger partial charge >= 0.3 is 0 Å². The van der Waals surface area contributed by atoms with E-state index in [9.17, 15) is 0 Å². The highest BCUT2D eigenvalue weighted by atomic mass is 16.5. The molecule has 6 nitrogen and oxygen atoms in total. The van der Waals surface area contributed by atoms with Crippen molar-refractivity contribution in [2.45, 2.75) is 26.3 Å². The Kier molecular flexibility index (Phi) is 3.73. The Hall–Kier alpha value is -1.79. The lowest BCUT2D eigenvalue weighted by atomic mass is 9.90. The Morgan fingerprint density at radius 3 is 3.05 bits per heavy atom. The number of hydrogen-bond donors (Lipinski definition) is 1. The fourth-order valence-electron chi connectivity index (χ4n) is 2.73. The van der Waals surface area contributed by atoms with Crippen molar-refractivity contribution in [2.24, 2.45) is 11.1 Å². The summed E-state index contributed by atoms with van der Waals surface area (Å²) in [5.41, 5.74) is 6.93. The predicted octanol–water partition coefficient (Wildman–Crippen LogP) is 1.86. The van der Waals surface area contributed by atoms with Crippen LogP contribution < -0.4 is 5.73 Å². The van der Waals surface area contributed by atoms with E-state index >= 15 is 0 Å². The van der Waals surface area contributed by atoms with Crippen LogP contribution in [0.4, 0.5) is 0 Å². The standard InChI is InChI=1S/C15H21N5O/c1-11(20-7-5-15(2,9-16)10-20)14-18-13(19-21-14)12-4-3-6-17-8-12/h3-4,6,8,11H,5,7,9-10,16H2,1-2H3. The highest BCUT2D eigenvalue weighted by molar-refractivity contribution is 5.51. The van der Waals surface area contributed by atoms with Crippen molar-refractivity contribution in [3.05, 3.63) is 30.4 Å². The van der Waals surface area contributed by atoms with Gasteiger partial charge in [0.1, 0.15) is 0 Å². The predicted molar refractivity (Wildman–Crippen MR) is 79.3 cm³/mol. The van der Waals surface area contributed by atoms with Gasteiger partial charge in [-0.1, -0.05) is 12.1 Å². The number of nitrogens with two attached hydrogens (primary N) is 1. The van der Waals surface area contributed by atoms with Gasteiger partial charge < -0.3 is 10.3 Å². The molecule has 21 heavy (non-hydrogen) atoms. The van der Waals surface area contributed by atoms with Crippen molar-refractivity contribution in [3.8, 4) is 11.4 Å². The second-order valence-corrected chi connectivity index (χ2v) is 6.11. The van der Waals surface area contributed by atoms with E-state index in [0.717, 1.165) is 25.1 Å². The summed E-state index contributed by atoms with van der Waals surface area (Å²) >= 11 is 0. The zero-order valence-electron chi connectivity index (χ0n) is 12.5. The van der Waals surface area contributed by atoms with E-state index in [4.69, 9.17) is 10.3 Å². The number of aromatic nitrogens is 3. The number of nitrogens with zero attached hydrogens (tertiary/aromatic N) is 4. The summed E-state index contributed by atoms with van der Waals surface area (Å²) < 4.78 is 5.43. The third kappa shape index (κ3) is 2.82. The smallest absolute Gasteiger partial charge is 0.244 e. The number of pyridine rings is 1. The Bertz CT molecular complexity index is 599. The largest absolute Gasteiger partial charge is 0.337 e. The van der Waals surface area contributed by atoms with Gasteiger partial charge in [-0.15, -0.1) is 0 Å². The van der Waals surface area contributed by atoms with Gasteiger partial charge in [0.25, 0.3) is 0 Å². The first-order valence-electron chi connectivity index (χ1n) is 7.29. The summed E-state index contributed by atoms with van der Waals surface area (Å²) in [7, 11) is 0. The van der Waals surface area contributed by atoms with Crippen molar-refractivity contribution < 1.29 is 4.52 Å². The number of hydrogen-bond acceptors (Lipinski definition) is 6. The molecular weight excluding hydrogens is 266 g/mol. The molecule has 2 unspecified atom stereocenters. The van der Waals surface area contributed by atoms with Crippen LogP contribution in [0, 0.1) is 5.41 Å². The van der Waals surface area contributed by atoms with Crippen LogP contribution in [0.25, 0.3) is 11.4 Å². The van der Waals surface area contributed by atoms with Crippen molar-refractivity contribution in [3.63, 3.8) is 0 Å². The molecule has 0 amide bonds. The minimum Gasteiger partial charge on any atom is -0.337 e. The van der Waals surface area contributed by atoms with E-state index in [1.54, 1.807) is 12.4 Å². The van der Waals surface area contributed by atoms with E-state index in [2.05, 4.69) is 33.9 Å². The van der Waals surface area contributed by atoms with Crippen molar-refractivity contribution in [1.82, 2.24) is 20.0 Å². The topological polar surface area (TPSA) is 81.1 Å². The summed E-state index contributed by atoms with van der Waals surface area (Å²) in [6, 6.07) is 3.89. The van der Waals surface area contributed by atoms with Crippen molar-refractivity contribution in [1.29, 1.82) is 0 Å². The monoisotopic (exact) mass is 287 g/mol. The molecule has 3 heterocycles.